The molecule has 3 N–H and O–H groups in total. The molecule has 1 aliphatic rings. The van der Waals surface area contributed by atoms with E-state index >= 15 is 0 Å². The number of halogens is 1. The SMILES string of the molecule is CC(O)(CNC(=O)CN1C(=O)c2ccc(Br)cc2C1=O)C(=O)O. The van der Waals surface area contributed by atoms with Crippen LogP contribution in [0.15, 0.2) is 22.7 Å². The smallest absolute Gasteiger partial charge is 0.337 e. The summed E-state index contributed by atoms with van der Waals surface area (Å²) in [6, 6.07) is 4.58. The second-order valence-corrected chi connectivity index (χ2v) is 6.16. The minimum atomic E-state index is -2.14. The number of carboxylic acids is 1. The van der Waals surface area contributed by atoms with Crippen LogP contribution in [0.5, 0.6) is 0 Å². The molecule has 0 saturated carbocycles. The van der Waals surface area contributed by atoms with Gasteiger partial charge in [0.25, 0.3) is 11.8 Å². The Labute approximate surface area is 139 Å². The van der Waals surface area contributed by atoms with Crippen molar-refractivity contribution in [2.75, 3.05) is 13.1 Å². The third-order valence-corrected chi connectivity index (χ3v) is 3.82. The van der Waals surface area contributed by atoms with Crippen LogP contribution in [0, 0.1) is 0 Å². The highest BCUT2D eigenvalue weighted by molar-refractivity contribution is 9.10. The number of amides is 3. The van der Waals surface area contributed by atoms with Gasteiger partial charge >= 0.3 is 5.97 Å². The lowest BCUT2D eigenvalue weighted by atomic mass is 10.1. The standard InChI is InChI=1S/C14H13BrN2O6/c1-14(23,13(21)22)6-16-10(18)5-17-11(19)8-3-2-7(15)4-9(8)12(17)20/h2-4,23H,5-6H2,1H3,(H,16,18)(H,21,22). The van der Waals surface area contributed by atoms with Gasteiger partial charge in [-0.05, 0) is 25.1 Å². The lowest BCUT2D eigenvalue weighted by molar-refractivity contribution is -0.156. The van der Waals surface area contributed by atoms with Crippen LogP contribution in [0.3, 0.4) is 0 Å². The summed E-state index contributed by atoms with van der Waals surface area (Å²) >= 11 is 3.20. The zero-order chi connectivity index (χ0) is 17.4. The minimum absolute atomic E-state index is 0.190. The van der Waals surface area contributed by atoms with Crippen molar-refractivity contribution in [2.24, 2.45) is 0 Å². The molecular formula is C14H13BrN2O6. The van der Waals surface area contributed by atoms with Crippen LogP contribution >= 0.6 is 15.9 Å². The van der Waals surface area contributed by atoms with Gasteiger partial charge in [-0.15, -0.1) is 0 Å². The van der Waals surface area contributed by atoms with E-state index in [0.29, 0.717) is 4.47 Å². The first kappa shape index (κ1) is 17.1. The van der Waals surface area contributed by atoms with Crippen molar-refractivity contribution >= 4 is 39.6 Å². The number of carbonyl (C=O) groups excluding carboxylic acids is 3. The van der Waals surface area contributed by atoms with Gasteiger partial charge in [0.2, 0.25) is 5.91 Å². The van der Waals surface area contributed by atoms with E-state index in [-0.39, 0.29) is 11.1 Å². The molecule has 1 atom stereocenters. The number of imide groups is 1. The zero-order valence-electron chi connectivity index (χ0n) is 12.0. The molecule has 8 nitrogen and oxygen atoms in total. The van der Waals surface area contributed by atoms with E-state index in [0.717, 1.165) is 11.8 Å². The lowest BCUT2D eigenvalue weighted by Gasteiger charge is -2.19. The molecule has 0 bridgehead atoms. The maximum Gasteiger partial charge on any atom is 0.337 e. The molecule has 122 valence electrons. The molecule has 1 heterocycles. The molecule has 1 aromatic carbocycles. The number of carboxylic acid groups (broad SMARTS) is 1. The zero-order valence-corrected chi connectivity index (χ0v) is 13.6. The maximum absolute atomic E-state index is 12.2. The van der Waals surface area contributed by atoms with Crippen molar-refractivity contribution in [2.45, 2.75) is 12.5 Å². The Balaban J connectivity index is 2.05. The molecule has 1 aliphatic heterocycles. The number of rotatable bonds is 5. The molecule has 9 heteroatoms. The molecule has 0 aliphatic carbocycles. The third kappa shape index (κ3) is 3.40. The average molecular weight is 385 g/mol. The second kappa shape index (κ2) is 6.09. The molecule has 1 aromatic rings. The van der Waals surface area contributed by atoms with Crippen LogP contribution < -0.4 is 5.32 Å². The molecule has 2 rings (SSSR count). The van der Waals surface area contributed by atoms with Crippen molar-refractivity contribution in [3.05, 3.63) is 33.8 Å². The maximum atomic E-state index is 12.2. The number of benzene rings is 1. The van der Waals surface area contributed by atoms with E-state index in [4.69, 9.17) is 5.11 Å². The van der Waals surface area contributed by atoms with Gasteiger partial charge in [-0.1, -0.05) is 15.9 Å². The van der Waals surface area contributed by atoms with Gasteiger partial charge in [0.05, 0.1) is 17.7 Å². The predicted molar refractivity (Wildman–Crippen MR) is 80.8 cm³/mol. The monoisotopic (exact) mass is 384 g/mol. The summed E-state index contributed by atoms with van der Waals surface area (Å²) < 4.78 is 0.626. The summed E-state index contributed by atoms with van der Waals surface area (Å²) in [6.45, 7) is -0.0787. The Hall–Kier alpha value is -2.26. The highest BCUT2D eigenvalue weighted by Crippen LogP contribution is 2.25. The number of aliphatic hydroxyl groups is 1. The summed E-state index contributed by atoms with van der Waals surface area (Å²) in [7, 11) is 0. The number of aliphatic carboxylic acids is 1. The van der Waals surface area contributed by atoms with Gasteiger partial charge < -0.3 is 15.5 Å². The molecule has 0 spiro atoms. The first-order valence-corrected chi connectivity index (χ1v) is 7.31. The highest BCUT2D eigenvalue weighted by Gasteiger charge is 2.37. The summed E-state index contributed by atoms with van der Waals surface area (Å²) in [4.78, 5) is 47.6. The Bertz CT molecular complexity index is 715. The molecular weight excluding hydrogens is 372 g/mol. The number of hydrogen-bond donors (Lipinski definition) is 3. The molecule has 0 saturated heterocycles. The van der Waals surface area contributed by atoms with Gasteiger partial charge in [-0.3, -0.25) is 19.3 Å². The summed E-state index contributed by atoms with van der Waals surface area (Å²) in [5, 5.41) is 20.4. The largest absolute Gasteiger partial charge is 0.479 e. The molecule has 0 aromatic heterocycles. The van der Waals surface area contributed by atoms with E-state index < -0.39 is 42.4 Å². The molecule has 23 heavy (non-hydrogen) atoms. The van der Waals surface area contributed by atoms with Gasteiger partial charge in [-0.2, -0.15) is 0 Å². The van der Waals surface area contributed by atoms with Crippen LogP contribution in [0.4, 0.5) is 0 Å². The van der Waals surface area contributed by atoms with Gasteiger partial charge in [0.15, 0.2) is 5.60 Å². The van der Waals surface area contributed by atoms with E-state index in [2.05, 4.69) is 21.2 Å². The number of nitrogens with zero attached hydrogens (tertiary/aromatic N) is 1. The fourth-order valence-corrected chi connectivity index (χ4v) is 2.31. The van der Waals surface area contributed by atoms with Gasteiger partial charge in [0, 0.05) is 4.47 Å². The minimum Gasteiger partial charge on any atom is -0.479 e. The Morgan fingerprint density at radius 1 is 1.26 bits per heavy atom. The molecule has 0 fully saturated rings. The molecule has 0 radical (unpaired) electrons. The van der Waals surface area contributed by atoms with Crippen molar-refractivity contribution < 1.29 is 29.4 Å². The highest BCUT2D eigenvalue weighted by atomic mass is 79.9. The van der Waals surface area contributed by atoms with E-state index in [1.165, 1.54) is 12.1 Å². The third-order valence-electron chi connectivity index (χ3n) is 3.32. The summed E-state index contributed by atoms with van der Waals surface area (Å²) in [6.07, 6.45) is 0. The predicted octanol–water partition coefficient (Wildman–Crippen LogP) is -0.00310. The van der Waals surface area contributed by atoms with Crippen LogP contribution in [-0.2, 0) is 9.59 Å². The fraction of sp³-hybridized carbons (Fsp3) is 0.286. The van der Waals surface area contributed by atoms with E-state index in [1.54, 1.807) is 6.07 Å². The van der Waals surface area contributed by atoms with Crippen LogP contribution in [0.1, 0.15) is 27.6 Å². The lowest BCUT2D eigenvalue weighted by Crippen LogP contribution is -2.49. The second-order valence-electron chi connectivity index (χ2n) is 5.24. The first-order chi connectivity index (χ1) is 10.6. The quantitative estimate of drug-likeness (QED) is 0.613. The van der Waals surface area contributed by atoms with Gasteiger partial charge in [-0.25, -0.2) is 4.79 Å². The Morgan fingerprint density at radius 3 is 2.48 bits per heavy atom. The van der Waals surface area contributed by atoms with Crippen molar-refractivity contribution in [1.82, 2.24) is 10.2 Å². The Kier molecular flexibility index (Phi) is 4.53. The van der Waals surface area contributed by atoms with Crippen molar-refractivity contribution in [3.63, 3.8) is 0 Å². The van der Waals surface area contributed by atoms with E-state index in [1.807, 2.05) is 0 Å². The van der Waals surface area contributed by atoms with Crippen LogP contribution in [-0.4, -0.2) is 57.5 Å². The number of hydrogen-bond acceptors (Lipinski definition) is 5. The topological polar surface area (TPSA) is 124 Å². The summed E-state index contributed by atoms with van der Waals surface area (Å²) in [5.74, 6) is -3.45. The summed E-state index contributed by atoms with van der Waals surface area (Å²) in [5.41, 5.74) is -1.75. The average Bonchev–Trinajstić information content (AvgIpc) is 2.70. The van der Waals surface area contributed by atoms with Gasteiger partial charge in [0.1, 0.15) is 6.54 Å². The Morgan fingerprint density at radius 2 is 1.87 bits per heavy atom. The first-order valence-electron chi connectivity index (χ1n) is 6.51. The van der Waals surface area contributed by atoms with Crippen LogP contribution in [0.2, 0.25) is 0 Å². The van der Waals surface area contributed by atoms with E-state index in [9.17, 15) is 24.3 Å². The molecule has 3 amide bonds. The van der Waals surface area contributed by atoms with Crippen molar-refractivity contribution in [3.8, 4) is 0 Å². The number of fused-ring (bicyclic) bond motifs is 1. The number of nitrogens with one attached hydrogen (secondary N) is 1. The molecule has 1 unspecified atom stereocenters. The normalized spacial score (nSPS) is 16.0. The number of carbonyl (C=O) groups is 4. The van der Waals surface area contributed by atoms with Crippen LogP contribution in [0.25, 0.3) is 0 Å². The fourth-order valence-electron chi connectivity index (χ4n) is 1.95. The van der Waals surface area contributed by atoms with Crippen molar-refractivity contribution in [1.29, 1.82) is 0 Å².